The number of aliphatic hydroxyl groups excluding tert-OH is 1. The molecule has 1 N–H and O–H groups in total. The van der Waals surface area contributed by atoms with Gasteiger partial charge in [-0.3, -0.25) is 18.6 Å². The molecule has 38 heavy (non-hydrogen) atoms. The summed E-state index contributed by atoms with van der Waals surface area (Å²) in [6.07, 6.45) is 2.55. The van der Waals surface area contributed by atoms with E-state index in [1.54, 1.807) is 33.8 Å². The topological polar surface area (TPSA) is 124 Å². The number of fused-ring (bicyclic) bond motifs is 5. The van der Waals surface area contributed by atoms with Crippen molar-refractivity contribution in [1.29, 1.82) is 0 Å². The fourth-order valence-corrected chi connectivity index (χ4v) is 9.18. The minimum Gasteiger partial charge on any atom is -0.450 e. The highest BCUT2D eigenvalue weighted by molar-refractivity contribution is 7.86. The fraction of sp³-hybridized carbons (Fsp3) is 0.821. The van der Waals surface area contributed by atoms with Crippen LogP contribution in [-0.2, 0) is 33.4 Å². The molecular formula is C28H41FO8S. The van der Waals surface area contributed by atoms with Crippen molar-refractivity contribution in [1.82, 2.24) is 0 Å². The second-order valence-electron chi connectivity index (χ2n) is 12.6. The first-order valence-electron chi connectivity index (χ1n) is 13.7. The molecule has 10 heteroatoms. The van der Waals surface area contributed by atoms with Gasteiger partial charge in [0.05, 0.1) is 12.4 Å². The van der Waals surface area contributed by atoms with Crippen LogP contribution in [0.25, 0.3) is 0 Å². The number of ketones is 2. The Morgan fingerprint density at radius 2 is 1.84 bits per heavy atom. The van der Waals surface area contributed by atoms with Crippen molar-refractivity contribution >= 4 is 27.7 Å². The van der Waals surface area contributed by atoms with Gasteiger partial charge in [0.1, 0.15) is 12.3 Å². The SMILES string of the molecule is CCCC(=O)O[C@]1(C(=O)COS(C)(=O)=O)C(C)C[C@H]2[C@@H]3CC(C)C4=CC(=O)CC[C@]4(C)[C@@]3(F)C(O)C[C@@]21C. The Balaban J connectivity index is 1.84. The predicted octanol–water partition coefficient (Wildman–Crippen LogP) is 3.70. The zero-order valence-corrected chi connectivity index (χ0v) is 24.0. The van der Waals surface area contributed by atoms with Gasteiger partial charge >= 0.3 is 5.97 Å². The first kappa shape index (κ1) is 29.3. The number of esters is 1. The Bertz CT molecular complexity index is 1170. The van der Waals surface area contributed by atoms with Crippen LogP contribution in [-0.4, -0.2) is 61.3 Å². The van der Waals surface area contributed by atoms with Crippen LogP contribution < -0.4 is 0 Å². The van der Waals surface area contributed by atoms with Gasteiger partial charge < -0.3 is 9.84 Å². The van der Waals surface area contributed by atoms with Crippen molar-refractivity contribution in [3.05, 3.63) is 11.6 Å². The molecule has 0 bridgehead atoms. The van der Waals surface area contributed by atoms with Gasteiger partial charge in [-0.05, 0) is 50.0 Å². The van der Waals surface area contributed by atoms with Gasteiger partial charge in [0, 0.05) is 35.5 Å². The smallest absolute Gasteiger partial charge is 0.306 e. The molecule has 8 nitrogen and oxygen atoms in total. The van der Waals surface area contributed by atoms with Crippen LogP contribution in [0.5, 0.6) is 0 Å². The summed E-state index contributed by atoms with van der Waals surface area (Å²) in [5.74, 6) is -3.07. The Hall–Kier alpha value is -1.65. The van der Waals surface area contributed by atoms with E-state index >= 15 is 4.39 Å². The summed E-state index contributed by atoms with van der Waals surface area (Å²) >= 11 is 0. The number of hydrogen-bond donors (Lipinski definition) is 1. The van der Waals surface area contributed by atoms with Crippen LogP contribution in [0.15, 0.2) is 11.6 Å². The van der Waals surface area contributed by atoms with Gasteiger partial charge in [0.15, 0.2) is 11.4 Å². The average molecular weight is 557 g/mol. The summed E-state index contributed by atoms with van der Waals surface area (Å²) in [4.78, 5) is 39.1. The second kappa shape index (κ2) is 9.47. The van der Waals surface area contributed by atoms with E-state index < -0.39 is 74.4 Å². The van der Waals surface area contributed by atoms with E-state index in [9.17, 15) is 27.9 Å². The third-order valence-corrected chi connectivity index (χ3v) is 11.0. The number of allylic oxidation sites excluding steroid dienone is 1. The number of alkyl halides is 1. The molecule has 0 aliphatic heterocycles. The summed E-state index contributed by atoms with van der Waals surface area (Å²) in [7, 11) is -3.96. The number of aliphatic hydroxyl groups is 1. The van der Waals surface area contributed by atoms with E-state index in [2.05, 4.69) is 0 Å². The van der Waals surface area contributed by atoms with Crippen molar-refractivity contribution in [3.8, 4) is 0 Å². The molecule has 0 amide bonds. The van der Waals surface area contributed by atoms with E-state index in [1.807, 2.05) is 6.92 Å². The van der Waals surface area contributed by atoms with Gasteiger partial charge in [-0.25, -0.2) is 4.39 Å². The first-order chi connectivity index (χ1) is 17.5. The third-order valence-electron chi connectivity index (χ3n) is 10.5. The molecule has 0 aromatic heterocycles. The molecule has 214 valence electrons. The Morgan fingerprint density at radius 3 is 2.45 bits per heavy atom. The summed E-state index contributed by atoms with van der Waals surface area (Å²) in [6.45, 7) is 8.30. The lowest BCUT2D eigenvalue weighted by Gasteiger charge is -2.64. The van der Waals surface area contributed by atoms with Crippen LogP contribution in [0, 0.1) is 34.5 Å². The maximum atomic E-state index is 17.6. The van der Waals surface area contributed by atoms with Crippen molar-refractivity contribution in [2.75, 3.05) is 12.9 Å². The molecule has 0 spiro atoms. The fourth-order valence-electron chi connectivity index (χ4n) is 8.86. The molecule has 0 saturated heterocycles. The lowest BCUT2D eigenvalue weighted by atomic mass is 9.42. The summed E-state index contributed by atoms with van der Waals surface area (Å²) in [5, 5.41) is 11.7. The summed E-state index contributed by atoms with van der Waals surface area (Å²) in [5.41, 5.74) is -5.28. The number of rotatable bonds is 7. The lowest BCUT2D eigenvalue weighted by Crippen LogP contribution is -2.71. The van der Waals surface area contributed by atoms with Gasteiger partial charge in [0.2, 0.25) is 5.78 Å². The van der Waals surface area contributed by atoms with Crippen LogP contribution >= 0.6 is 0 Å². The standard InChI is InChI=1S/C28H41FO8S/c1-7-8-24(33)37-28(23(32)15-36-38(6,34)35)17(3)12-20-21-11-16(2)19-13-18(30)9-10-25(19,4)27(21,29)22(31)14-26(20,28)5/h13,16-17,20-22,31H,7-12,14-15H2,1-6H3/t16?,17?,20-,21-,22?,25-,26-,27-,28-/m0/s1. The molecule has 0 heterocycles. The minimum absolute atomic E-state index is 0.0330. The summed E-state index contributed by atoms with van der Waals surface area (Å²) in [6, 6.07) is 0. The molecule has 9 atom stereocenters. The van der Waals surface area contributed by atoms with E-state index in [0.29, 0.717) is 25.7 Å². The Labute approximate surface area is 224 Å². The van der Waals surface area contributed by atoms with Crippen LogP contribution in [0.4, 0.5) is 4.39 Å². The van der Waals surface area contributed by atoms with Crippen molar-refractivity contribution < 1.29 is 41.2 Å². The molecule has 3 fully saturated rings. The average Bonchev–Trinajstić information content (AvgIpc) is 3.02. The van der Waals surface area contributed by atoms with E-state index in [0.717, 1.165) is 11.8 Å². The van der Waals surface area contributed by atoms with Crippen molar-refractivity contribution in [3.63, 3.8) is 0 Å². The zero-order chi connectivity index (χ0) is 28.5. The quantitative estimate of drug-likeness (QED) is 0.372. The highest BCUT2D eigenvalue weighted by atomic mass is 32.2. The Morgan fingerprint density at radius 1 is 1.18 bits per heavy atom. The number of halogens is 1. The predicted molar refractivity (Wildman–Crippen MR) is 137 cm³/mol. The maximum absolute atomic E-state index is 17.6. The van der Waals surface area contributed by atoms with Gasteiger partial charge in [0.25, 0.3) is 10.1 Å². The zero-order valence-electron chi connectivity index (χ0n) is 23.2. The monoisotopic (exact) mass is 556 g/mol. The third kappa shape index (κ3) is 4.03. The number of carbonyl (C=O) groups is 3. The molecule has 4 aliphatic rings. The lowest BCUT2D eigenvalue weighted by molar-refractivity contribution is -0.238. The van der Waals surface area contributed by atoms with Crippen molar-refractivity contribution in [2.24, 2.45) is 34.5 Å². The van der Waals surface area contributed by atoms with E-state index in [1.165, 1.54) is 0 Å². The van der Waals surface area contributed by atoms with E-state index in [-0.39, 0.29) is 31.0 Å². The highest BCUT2D eigenvalue weighted by Crippen LogP contribution is 2.72. The molecule has 4 aliphatic carbocycles. The van der Waals surface area contributed by atoms with Crippen LogP contribution in [0.1, 0.15) is 79.6 Å². The maximum Gasteiger partial charge on any atom is 0.306 e. The molecule has 0 radical (unpaired) electrons. The Kier molecular flexibility index (Phi) is 7.31. The highest BCUT2D eigenvalue weighted by Gasteiger charge is 2.77. The molecule has 3 saturated carbocycles. The molecule has 0 aromatic rings. The number of hydrogen-bond acceptors (Lipinski definition) is 8. The van der Waals surface area contributed by atoms with Crippen molar-refractivity contribution in [2.45, 2.75) is 96.9 Å². The number of carbonyl (C=O) groups excluding carboxylic acids is 3. The minimum atomic E-state index is -3.96. The van der Waals surface area contributed by atoms with E-state index in [4.69, 9.17) is 8.92 Å². The van der Waals surface area contributed by atoms with Gasteiger partial charge in [-0.15, -0.1) is 0 Å². The molecule has 3 unspecified atom stereocenters. The normalized spacial score (nSPS) is 44.5. The molecule has 0 aromatic carbocycles. The number of Topliss-reactive ketones (excluding diaryl/α,β-unsaturated/α-hetero) is 1. The molecular weight excluding hydrogens is 515 g/mol. The van der Waals surface area contributed by atoms with Gasteiger partial charge in [-0.1, -0.05) is 40.2 Å². The summed E-state index contributed by atoms with van der Waals surface area (Å²) < 4.78 is 52.0. The van der Waals surface area contributed by atoms with Crippen LogP contribution in [0.2, 0.25) is 0 Å². The first-order valence-corrected chi connectivity index (χ1v) is 15.5. The largest absolute Gasteiger partial charge is 0.450 e. The number of ether oxygens (including phenoxy) is 1. The molecule has 4 rings (SSSR count). The van der Waals surface area contributed by atoms with Crippen LogP contribution in [0.3, 0.4) is 0 Å². The van der Waals surface area contributed by atoms with Gasteiger partial charge in [-0.2, -0.15) is 8.42 Å². The second-order valence-corrected chi connectivity index (χ2v) is 14.3.